The maximum atomic E-state index is 11.8. The molecule has 4 aromatic rings. The first-order valence-electron chi connectivity index (χ1n) is 12.9. The summed E-state index contributed by atoms with van der Waals surface area (Å²) in [6.07, 6.45) is 7.47. The van der Waals surface area contributed by atoms with Gasteiger partial charge in [0.15, 0.2) is 5.65 Å². The van der Waals surface area contributed by atoms with E-state index in [0.29, 0.717) is 36.1 Å². The van der Waals surface area contributed by atoms with Gasteiger partial charge in [0.05, 0.1) is 12.2 Å². The zero-order valence-electron chi connectivity index (χ0n) is 21.6. The molecule has 1 aliphatic carbocycles. The Balaban J connectivity index is 1.44. The molecule has 1 saturated carbocycles. The van der Waals surface area contributed by atoms with Crippen molar-refractivity contribution in [3.8, 4) is 11.3 Å². The lowest BCUT2D eigenvalue weighted by Crippen LogP contribution is -2.52. The van der Waals surface area contributed by atoms with Gasteiger partial charge in [-0.2, -0.15) is 5.10 Å². The average molecular weight is 490 g/mol. The van der Waals surface area contributed by atoms with Crippen LogP contribution in [0.2, 0.25) is 0 Å². The molecule has 7 rings (SSSR count). The number of nitrogens with one attached hydrogen (secondary N) is 1. The number of aromatic amines is 1. The maximum Gasteiger partial charge on any atom is 0.158 e. The Bertz CT molecular complexity index is 1460. The topological polar surface area (TPSA) is 66.3 Å². The van der Waals surface area contributed by atoms with Gasteiger partial charge in [-0.3, -0.25) is 9.69 Å². The number of hydrogen-bond acceptors (Lipinski definition) is 5. The van der Waals surface area contributed by atoms with Gasteiger partial charge in [-0.15, -0.1) is 11.3 Å². The van der Waals surface area contributed by atoms with Gasteiger partial charge in [0.25, 0.3) is 0 Å². The maximum absolute atomic E-state index is 11.8. The van der Waals surface area contributed by atoms with Crippen LogP contribution in [-0.2, 0) is 4.79 Å². The van der Waals surface area contributed by atoms with Gasteiger partial charge in [0, 0.05) is 34.6 Å². The van der Waals surface area contributed by atoms with E-state index in [-0.39, 0.29) is 0 Å². The van der Waals surface area contributed by atoms with Crippen molar-refractivity contribution < 1.29 is 4.79 Å². The molecule has 2 aliphatic heterocycles. The van der Waals surface area contributed by atoms with Gasteiger partial charge in [-0.25, -0.2) is 9.50 Å². The van der Waals surface area contributed by atoms with Crippen molar-refractivity contribution in [2.24, 2.45) is 5.92 Å². The van der Waals surface area contributed by atoms with Gasteiger partial charge in [0.2, 0.25) is 0 Å². The van der Waals surface area contributed by atoms with E-state index in [1.165, 1.54) is 63.0 Å². The number of hydrogen-bond donors (Lipinski definition) is 1. The van der Waals surface area contributed by atoms with Crippen LogP contribution in [0.5, 0.6) is 0 Å². The zero-order valence-corrected chi connectivity index (χ0v) is 22.4. The summed E-state index contributed by atoms with van der Waals surface area (Å²) in [5.74, 6) is 1.96. The zero-order chi connectivity index (χ0) is 24.6. The van der Waals surface area contributed by atoms with Crippen LogP contribution >= 0.6 is 11.3 Å². The van der Waals surface area contributed by atoms with Gasteiger partial charge < -0.3 is 4.98 Å². The summed E-state index contributed by atoms with van der Waals surface area (Å²) < 4.78 is 1.90. The van der Waals surface area contributed by atoms with Crippen LogP contribution in [-0.4, -0.2) is 49.4 Å². The van der Waals surface area contributed by atoms with E-state index in [1.54, 1.807) is 18.1 Å². The molecule has 6 nitrogen and oxygen atoms in total. The number of piperidine rings is 2. The molecule has 184 valence electrons. The predicted molar refractivity (Wildman–Crippen MR) is 143 cm³/mol. The van der Waals surface area contributed by atoms with Crippen molar-refractivity contribution in [2.45, 2.75) is 78.7 Å². The van der Waals surface area contributed by atoms with Crippen LogP contribution in [0.15, 0.2) is 12.5 Å². The third-order valence-electron chi connectivity index (χ3n) is 8.65. The summed E-state index contributed by atoms with van der Waals surface area (Å²) in [5, 5.41) is 5.85. The highest BCUT2D eigenvalue weighted by atomic mass is 32.1. The first kappa shape index (κ1) is 22.9. The van der Waals surface area contributed by atoms with Crippen molar-refractivity contribution in [3.63, 3.8) is 0 Å². The van der Waals surface area contributed by atoms with Crippen LogP contribution in [0.25, 0.3) is 27.1 Å². The van der Waals surface area contributed by atoms with Crippen molar-refractivity contribution in [1.82, 2.24) is 24.5 Å². The van der Waals surface area contributed by atoms with E-state index in [4.69, 9.17) is 0 Å². The third kappa shape index (κ3) is 3.50. The molecule has 1 unspecified atom stereocenters. The van der Waals surface area contributed by atoms with E-state index >= 15 is 0 Å². The number of aryl methyl sites for hydroxylation is 2. The predicted octanol–water partition coefficient (Wildman–Crippen LogP) is 6.14. The van der Waals surface area contributed by atoms with Gasteiger partial charge >= 0.3 is 0 Å². The second-order valence-electron chi connectivity index (χ2n) is 11.1. The first-order chi connectivity index (χ1) is 16.7. The smallest absolute Gasteiger partial charge is 0.158 e. The highest BCUT2D eigenvalue weighted by Crippen LogP contribution is 2.51. The van der Waals surface area contributed by atoms with Crippen molar-refractivity contribution in [1.29, 1.82) is 0 Å². The lowest BCUT2D eigenvalue weighted by molar-refractivity contribution is -0.120. The van der Waals surface area contributed by atoms with Crippen LogP contribution < -0.4 is 0 Å². The molecule has 3 fully saturated rings. The average Bonchev–Trinajstić information content (AvgIpc) is 3.51. The fourth-order valence-corrected chi connectivity index (χ4v) is 8.29. The molecule has 3 aliphatic rings. The molecule has 4 aromatic heterocycles. The van der Waals surface area contributed by atoms with Crippen LogP contribution in [0, 0.1) is 26.7 Å². The number of nitrogens with zero attached hydrogens (tertiary/aromatic N) is 4. The fraction of sp³-hybridized carbons (Fsp3) is 0.536. The minimum Gasteiger partial charge on any atom is -0.346 e. The number of carbonyl (C=O) groups is 1. The number of fused-ring (bicyclic) bond motifs is 5. The number of aromatic nitrogens is 4. The lowest BCUT2D eigenvalue weighted by atomic mass is 9.70. The normalized spacial score (nSPS) is 22.8. The number of Topliss-reactive ketones (excluding diaryl/α,β-unsaturated/α-hetero) is 1. The molecule has 6 heterocycles. The number of rotatable bonds is 5. The van der Waals surface area contributed by atoms with E-state index in [1.807, 2.05) is 15.9 Å². The first-order valence-corrected chi connectivity index (χ1v) is 13.7. The molecule has 1 N–H and O–H groups in total. The van der Waals surface area contributed by atoms with E-state index in [0.717, 1.165) is 12.2 Å². The SMILES string of the molecule is CC(=O)CN1CC2CC[C@H]1C[C@H]2c1sc2[nH]c(-c3cn4ncnc4c(C)c3C)c(C(C)C)c2c1C. The number of carbonyl (C=O) groups excluding carboxylic acids is 1. The molecule has 35 heavy (non-hydrogen) atoms. The second kappa shape index (κ2) is 8.27. The number of H-pyrrole nitrogens is 1. The van der Waals surface area contributed by atoms with E-state index in [2.05, 4.69) is 60.8 Å². The molecular weight excluding hydrogens is 454 g/mol. The highest BCUT2D eigenvalue weighted by Gasteiger charge is 2.42. The summed E-state index contributed by atoms with van der Waals surface area (Å²) in [4.78, 5) is 25.4. The molecule has 7 heteroatoms. The number of ketones is 1. The monoisotopic (exact) mass is 489 g/mol. The molecule has 3 atom stereocenters. The van der Waals surface area contributed by atoms with Crippen LogP contribution in [0.4, 0.5) is 0 Å². The molecule has 0 spiro atoms. The lowest BCUT2D eigenvalue weighted by Gasteiger charge is -2.49. The highest BCUT2D eigenvalue weighted by molar-refractivity contribution is 7.19. The van der Waals surface area contributed by atoms with E-state index < -0.39 is 0 Å². The Labute approximate surface area is 210 Å². The summed E-state index contributed by atoms with van der Waals surface area (Å²) >= 11 is 1.97. The van der Waals surface area contributed by atoms with Crippen LogP contribution in [0.3, 0.4) is 0 Å². The Morgan fingerprint density at radius 2 is 2.00 bits per heavy atom. The summed E-state index contributed by atoms with van der Waals surface area (Å²) in [7, 11) is 0. The minimum absolute atomic E-state index is 0.290. The number of thiophene rings is 1. The standard InChI is InChI=1S/C28H35N5OS/c1-14(2)23-24-18(6)26(21-9-20-8-7-19(21)11-32(20)10-15(3)34)35-28(24)31-25(23)22-12-33-27(29-13-30-33)17(5)16(22)4/h12-14,19-21,31H,7-11H2,1-6H3/t19?,20-,21+/m0/s1. The quantitative estimate of drug-likeness (QED) is 0.365. The van der Waals surface area contributed by atoms with Crippen LogP contribution in [0.1, 0.15) is 79.0 Å². The largest absolute Gasteiger partial charge is 0.346 e. The second-order valence-corrected chi connectivity index (χ2v) is 12.2. The minimum atomic E-state index is 0.290. The molecule has 2 bridgehead atoms. The Kier molecular flexibility index (Phi) is 5.42. The Morgan fingerprint density at radius 3 is 2.69 bits per heavy atom. The Morgan fingerprint density at radius 1 is 1.20 bits per heavy atom. The van der Waals surface area contributed by atoms with Gasteiger partial charge in [-0.05, 0) is 87.0 Å². The molecular formula is C28H35N5OS. The molecule has 0 amide bonds. The molecule has 2 saturated heterocycles. The van der Waals surface area contributed by atoms with Gasteiger partial charge in [0.1, 0.15) is 16.9 Å². The van der Waals surface area contributed by atoms with Crippen molar-refractivity contribution in [2.75, 3.05) is 13.1 Å². The van der Waals surface area contributed by atoms with Gasteiger partial charge in [-0.1, -0.05) is 13.8 Å². The summed E-state index contributed by atoms with van der Waals surface area (Å²) in [6, 6.07) is 0.550. The number of pyridine rings is 1. The summed E-state index contributed by atoms with van der Waals surface area (Å²) in [5.41, 5.74) is 8.68. The summed E-state index contributed by atoms with van der Waals surface area (Å²) in [6.45, 7) is 14.7. The molecule has 0 radical (unpaired) electrons. The Hall–Kier alpha value is -2.51. The van der Waals surface area contributed by atoms with Crippen molar-refractivity contribution >= 4 is 33.0 Å². The fourth-order valence-electron chi connectivity index (χ4n) is 6.86. The molecule has 0 aromatic carbocycles. The van der Waals surface area contributed by atoms with Crippen molar-refractivity contribution in [3.05, 3.63) is 39.7 Å². The van der Waals surface area contributed by atoms with E-state index in [9.17, 15) is 4.79 Å². The third-order valence-corrected chi connectivity index (χ3v) is 9.99.